The van der Waals surface area contributed by atoms with Gasteiger partial charge in [-0.25, -0.2) is 4.79 Å². The highest BCUT2D eigenvalue weighted by atomic mass is 16.6. The van der Waals surface area contributed by atoms with Gasteiger partial charge >= 0.3 is 5.97 Å². The van der Waals surface area contributed by atoms with Crippen molar-refractivity contribution in [3.63, 3.8) is 0 Å². The summed E-state index contributed by atoms with van der Waals surface area (Å²) in [6.07, 6.45) is 0.368. The maximum Gasteiger partial charge on any atom is 0.351 e. The maximum absolute atomic E-state index is 11.4. The highest BCUT2D eigenvalue weighted by molar-refractivity contribution is 5.74. The molecule has 13 heavy (non-hydrogen) atoms. The van der Waals surface area contributed by atoms with E-state index in [-0.39, 0.29) is 5.97 Å². The van der Waals surface area contributed by atoms with Gasteiger partial charge in [-0.2, -0.15) is 0 Å². The third kappa shape index (κ3) is 3.74. The zero-order valence-corrected chi connectivity index (χ0v) is 8.42. The van der Waals surface area contributed by atoms with Crippen LogP contribution in [0.4, 0.5) is 0 Å². The van der Waals surface area contributed by atoms with E-state index < -0.39 is 11.8 Å². The lowest BCUT2D eigenvalue weighted by Gasteiger charge is -2.26. The van der Waals surface area contributed by atoms with Crippen LogP contribution in [0.15, 0.2) is 0 Å². The molecule has 76 valence electrons. The first-order chi connectivity index (χ1) is 5.99. The molecule has 0 amide bonds. The van der Waals surface area contributed by atoms with Crippen LogP contribution >= 0.6 is 0 Å². The van der Waals surface area contributed by atoms with Crippen molar-refractivity contribution in [3.8, 4) is 0 Å². The first-order valence-corrected chi connectivity index (χ1v) is 4.57. The average Bonchev–Trinajstić information content (AvgIpc) is 2.03. The van der Waals surface area contributed by atoms with Crippen LogP contribution in [0, 0.1) is 0 Å². The van der Waals surface area contributed by atoms with E-state index in [1.807, 2.05) is 20.8 Å². The Balaban J connectivity index is 2.38. The average molecular weight is 187 g/mol. The Morgan fingerprint density at radius 2 is 2.23 bits per heavy atom. The van der Waals surface area contributed by atoms with Crippen molar-refractivity contribution < 1.29 is 14.3 Å². The second-order valence-electron chi connectivity index (χ2n) is 4.09. The molecule has 1 heterocycles. The van der Waals surface area contributed by atoms with Crippen LogP contribution in [0.25, 0.3) is 0 Å². The summed E-state index contributed by atoms with van der Waals surface area (Å²) >= 11 is 0. The first kappa shape index (κ1) is 10.5. The molecule has 1 atom stereocenters. The van der Waals surface area contributed by atoms with Gasteiger partial charge in [-0.3, -0.25) is 5.32 Å². The molecule has 0 aromatic rings. The van der Waals surface area contributed by atoms with Crippen LogP contribution in [0.5, 0.6) is 0 Å². The predicted octanol–water partition coefficient (Wildman–Crippen LogP) is 0.664. The van der Waals surface area contributed by atoms with E-state index in [1.165, 1.54) is 0 Å². The maximum atomic E-state index is 11.4. The van der Waals surface area contributed by atoms with Crippen LogP contribution < -0.4 is 5.32 Å². The molecular weight excluding hydrogens is 170 g/mol. The lowest BCUT2D eigenvalue weighted by molar-refractivity contribution is -0.173. The molecule has 1 rings (SSSR count). The molecule has 1 fully saturated rings. The largest absolute Gasteiger partial charge is 0.457 e. The van der Waals surface area contributed by atoms with Gasteiger partial charge in [0.15, 0.2) is 0 Å². The topological polar surface area (TPSA) is 47.6 Å². The van der Waals surface area contributed by atoms with E-state index in [4.69, 9.17) is 9.47 Å². The summed E-state index contributed by atoms with van der Waals surface area (Å²) < 4.78 is 10.4. The number of ether oxygens (including phenoxy) is 2. The van der Waals surface area contributed by atoms with E-state index in [2.05, 4.69) is 5.32 Å². The standard InChI is InChI=1S/C9H17NO3/c1-9(2,3)13-8(11)7-10-5-4-6-12-7/h7,10H,4-6H2,1-3H3. The molecule has 1 N–H and O–H groups in total. The van der Waals surface area contributed by atoms with Crippen molar-refractivity contribution >= 4 is 5.97 Å². The third-order valence-electron chi connectivity index (χ3n) is 1.56. The van der Waals surface area contributed by atoms with Crippen molar-refractivity contribution in [3.05, 3.63) is 0 Å². The highest BCUT2D eigenvalue weighted by Crippen LogP contribution is 2.10. The molecule has 0 saturated carbocycles. The second-order valence-corrected chi connectivity index (χ2v) is 4.09. The van der Waals surface area contributed by atoms with Gasteiger partial charge in [0.1, 0.15) is 5.60 Å². The minimum absolute atomic E-state index is 0.327. The fraction of sp³-hybridized carbons (Fsp3) is 0.889. The molecule has 0 spiro atoms. The molecular formula is C9H17NO3. The van der Waals surface area contributed by atoms with Gasteiger partial charge in [-0.05, 0) is 27.2 Å². The van der Waals surface area contributed by atoms with Crippen molar-refractivity contribution in [2.24, 2.45) is 0 Å². The molecule has 1 aliphatic rings. The molecule has 0 aromatic heterocycles. The Morgan fingerprint density at radius 1 is 1.54 bits per heavy atom. The number of carbonyl (C=O) groups is 1. The van der Waals surface area contributed by atoms with E-state index in [1.54, 1.807) is 0 Å². The zero-order valence-electron chi connectivity index (χ0n) is 8.42. The minimum atomic E-state index is -0.576. The van der Waals surface area contributed by atoms with Crippen LogP contribution in [-0.4, -0.2) is 30.9 Å². The van der Waals surface area contributed by atoms with Gasteiger partial charge in [-0.15, -0.1) is 0 Å². The zero-order chi connectivity index (χ0) is 9.90. The summed E-state index contributed by atoms with van der Waals surface area (Å²) in [5.41, 5.74) is -0.445. The minimum Gasteiger partial charge on any atom is -0.457 e. The summed E-state index contributed by atoms with van der Waals surface area (Å²) in [4.78, 5) is 11.4. The Hall–Kier alpha value is -0.610. The molecule has 0 aliphatic carbocycles. The Morgan fingerprint density at radius 3 is 2.69 bits per heavy atom. The van der Waals surface area contributed by atoms with Crippen LogP contribution in [-0.2, 0) is 14.3 Å². The van der Waals surface area contributed by atoms with Gasteiger partial charge in [-0.1, -0.05) is 0 Å². The number of hydrogen-bond acceptors (Lipinski definition) is 4. The van der Waals surface area contributed by atoms with Crippen LogP contribution in [0.1, 0.15) is 27.2 Å². The fourth-order valence-corrected chi connectivity index (χ4v) is 1.07. The SMILES string of the molecule is CC(C)(C)OC(=O)C1NCCCO1. The summed E-state index contributed by atoms with van der Waals surface area (Å²) in [5, 5.41) is 2.94. The van der Waals surface area contributed by atoms with E-state index in [0.717, 1.165) is 13.0 Å². The van der Waals surface area contributed by atoms with Crippen molar-refractivity contribution in [1.29, 1.82) is 0 Å². The highest BCUT2D eigenvalue weighted by Gasteiger charge is 2.26. The molecule has 1 aliphatic heterocycles. The summed E-state index contributed by atoms with van der Waals surface area (Å²) in [6, 6.07) is 0. The van der Waals surface area contributed by atoms with Crippen molar-refractivity contribution in [2.45, 2.75) is 39.0 Å². The Labute approximate surface area is 78.6 Å². The van der Waals surface area contributed by atoms with E-state index in [9.17, 15) is 4.79 Å². The van der Waals surface area contributed by atoms with Crippen LogP contribution in [0.3, 0.4) is 0 Å². The normalized spacial score (nSPS) is 24.1. The van der Waals surface area contributed by atoms with Gasteiger partial charge in [0.25, 0.3) is 0 Å². The molecule has 4 heteroatoms. The smallest absolute Gasteiger partial charge is 0.351 e. The number of esters is 1. The number of rotatable bonds is 1. The second kappa shape index (κ2) is 4.07. The van der Waals surface area contributed by atoms with Crippen molar-refractivity contribution in [2.75, 3.05) is 13.2 Å². The molecule has 4 nitrogen and oxygen atoms in total. The molecule has 1 saturated heterocycles. The number of carbonyl (C=O) groups excluding carboxylic acids is 1. The lowest BCUT2D eigenvalue weighted by atomic mass is 10.2. The van der Waals surface area contributed by atoms with Gasteiger partial charge in [0.2, 0.25) is 6.23 Å². The third-order valence-corrected chi connectivity index (χ3v) is 1.56. The van der Waals surface area contributed by atoms with Gasteiger partial charge in [0, 0.05) is 6.54 Å². The Bertz CT molecular complexity index is 180. The van der Waals surface area contributed by atoms with E-state index >= 15 is 0 Å². The Kier molecular flexibility index (Phi) is 3.27. The predicted molar refractivity (Wildman–Crippen MR) is 48.2 cm³/mol. The lowest BCUT2D eigenvalue weighted by Crippen LogP contribution is -2.46. The molecule has 1 unspecified atom stereocenters. The summed E-state index contributed by atoms with van der Waals surface area (Å²) in [5.74, 6) is -0.327. The molecule has 0 aromatic carbocycles. The fourth-order valence-electron chi connectivity index (χ4n) is 1.07. The number of hydrogen-bond donors (Lipinski definition) is 1. The van der Waals surface area contributed by atoms with Gasteiger partial charge in [0.05, 0.1) is 6.61 Å². The number of nitrogens with one attached hydrogen (secondary N) is 1. The summed E-state index contributed by atoms with van der Waals surface area (Å²) in [6.45, 7) is 6.95. The van der Waals surface area contributed by atoms with Crippen molar-refractivity contribution in [1.82, 2.24) is 5.32 Å². The van der Waals surface area contributed by atoms with E-state index in [0.29, 0.717) is 6.61 Å². The monoisotopic (exact) mass is 187 g/mol. The molecule has 0 radical (unpaired) electrons. The first-order valence-electron chi connectivity index (χ1n) is 4.57. The molecule has 0 bridgehead atoms. The van der Waals surface area contributed by atoms with Crippen LogP contribution in [0.2, 0.25) is 0 Å². The summed E-state index contributed by atoms with van der Waals surface area (Å²) in [7, 11) is 0. The quantitative estimate of drug-likeness (QED) is 0.613. The van der Waals surface area contributed by atoms with Gasteiger partial charge < -0.3 is 9.47 Å².